The molecule has 1 aliphatic rings. The van der Waals surface area contributed by atoms with E-state index in [0.717, 1.165) is 25.0 Å². The number of hydrogen-bond acceptors (Lipinski definition) is 2. The molecule has 0 aliphatic carbocycles. The molecule has 1 aliphatic heterocycles. The number of benzene rings is 1. The van der Waals surface area contributed by atoms with Crippen LogP contribution in [0.5, 0.6) is 0 Å². The van der Waals surface area contributed by atoms with Crippen molar-refractivity contribution < 1.29 is 0 Å². The SMILES string of the molecule is CNCC[C@@H]1[C@@H](C)CN1Cc1ccccc1. The first-order chi connectivity index (χ1) is 7.81. The molecule has 0 radical (unpaired) electrons. The third-order valence-corrected chi connectivity index (χ3v) is 3.57. The van der Waals surface area contributed by atoms with Gasteiger partial charge >= 0.3 is 0 Å². The zero-order valence-electron chi connectivity index (χ0n) is 10.3. The molecule has 1 aromatic rings. The van der Waals surface area contributed by atoms with E-state index in [1.54, 1.807) is 0 Å². The summed E-state index contributed by atoms with van der Waals surface area (Å²) in [4.78, 5) is 2.59. The van der Waals surface area contributed by atoms with Crippen LogP contribution in [-0.4, -0.2) is 31.1 Å². The van der Waals surface area contributed by atoms with Crippen molar-refractivity contribution in [3.05, 3.63) is 35.9 Å². The average molecular weight is 218 g/mol. The lowest BCUT2D eigenvalue weighted by Crippen LogP contribution is -2.54. The highest BCUT2D eigenvalue weighted by Crippen LogP contribution is 2.28. The van der Waals surface area contributed by atoms with Gasteiger partial charge in [-0.05, 0) is 31.5 Å². The second kappa shape index (κ2) is 5.46. The fraction of sp³-hybridized carbons (Fsp3) is 0.571. The van der Waals surface area contributed by atoms with Gasteiger partial charge in [0.2, 0.25) is 0 Å². The van der Waals surface area contributed by atoms with Gasteiger partial charge < -0.3 is 5.32 Å². The van der Waals surface area contributed by atoms with Crippen molar-refractivity contribution >= 4 is 0 Å². The van der Waals surface area contributed by atoms with Crippen LogP contribution in [0.3, 0.4) is 0 Å². The van der Waals surface area contributed by atoms with Crippen molar-refractivity contribution in [2.45, 2.75) is 25.9 Å². The highest BCUT2D eigenvalue weighted by molar-refractivity contribution is 5.15. The summed E-state index contributed by atoms with van der Waals surface area (Å²) in [5.41, 5.74) is 1.43. The number of rotatable bonds is 5. The molecule has 2 atom stereocenters. The first kappa shape index (κ1) is 11.6. The van der Waals surface area contributed by atoms with Crippen LogP contribution in [0.4, 0.5) is 0 Å². The molecule has 1 fully saturated rings. The van der Waals surface area contributed by atoms with E-state index in [1.165, 1.54) is 18.5 Å². The minimum absolute atomic E-state index is 0.771. The maximum atomic E-state index is 3.25. The van der Waals surface area contributed by atoms with E-state index in [9.17, 15) is 0 Å². The van der Waals surface area contributed by atoms with Gasteiger partial charge in [0.1, 0.15) is 0 Å². The molecule has 2 rings (SSSR count). The predicted molar refractivity (Wildman–Crippen MR) is 68.3 cm³/mol. The van der Waals surface area contributed by atoms with Gasteiger partial charge in [-0.15, -0.1) is 0 Å². The lowest BCUT2D eigenvalue weighted by molar-refractivity contribution is 0.0129. The molecule has 88 valence electrons. The normalized spacial score (nSPS) is 25.4. The summed E-state index contributed by atoms with van der Waals surface area (Å²) in [6, 6.07) is 11.5. The van der Waals surface area contributed by atoms with Crippen molar-refractivity contribution in [1.82, 2.24) is 10.2 Å². The quantitative estimate of drug-likeness (QED) is 0.814. The smallest absolute Gasteiger partial charge is 0.0236 e. The molecule has 2 nitrogen and oxygen atoms in total. The lowest BCUT2D eigenvalue weighted by Gasteiger charge is -2.47. The molecule has 0 saturated carbocycles. The third-order valence-electron chi connectivity index (χ3n) is 3.57. The standard InChI is InChI=1S/C14H22N2/c1-12-10-16(14(12)8-9-15-2)11-13-6-4-3-5-7-13/h3-7,12,14-15H,8-11H2,1-2H3/t12-,14+/m0/s1. The van der Waals surface area contributed by atoms with Gasteiger partial charge in [0, 0.05) is 19.1 Å². The van der Waals surface area contributed by atoms with E-state index in [4.69, 9.17) is 0 Å². The Labute approximate surface area is 98.7 Å². The van der Waals surface area contributed by atoms with Crippen LogP contribution in [0.15, 0.2) is 30.3 Å². The van der Waals surface area contributed by atoms with Gasteiger partial charge in [-0.2, -0.15) is 0 Å². The summed E-state index contributed by atoms with van der Waals surface area (Å²) < 4.78 is 0. The van der Waals surface area contributed by atoms with Crippen LogP contribution in [0.1, 0.15) is 18.9 Å². The topological polar surface area (TPSA) is 15.3 Å². The summed E-state index contributed by atoms with van der Waals surface area (Å²) in [5.74, 6) is 0.858. The molecule has 0 aromatic heterocycles. The molecule has 1 saturated heterocycles. The summed E-state index contributed by atoms with van der Waals surface area (Å²) >= 11 is 0. The Morgan fingerprint density at radius 1 is 1.31 bits per heavy atom. The summed E-state index contributed by atoms with van der Waals surface area (Å²) in [6.45, 7) is 5.85. The molecule has 0 unspecified atom stereocenters. The molecular weight excluding hydrogens is 196 g/mol. The Morgan fingerprint density at radius 2 is 2.06 bits per heavy atom. The molecule has 1 aromatic carbocycles. The summed E-state index contributed by atoms with van der Waals surface area (Å²) in [5, 5.41) is 3.25. The number of hydrogen-bond donors (Lipinski definition) is 1. The van der Waals surface area contributed by atoms with Crippen LogP contribution in [0, 0.1) is 5.92 Å². The maximum absolute atomic E-state index is 3.25. The Balaban J connectivity index is 1.86. The van der Waals surface area contributed by atoms with E-state index in [1.807, 2.05) is 7.05 Å². The van der Waals surface area contributed by atoms with Crippen molar-refractivity contribution in [3.8, 4) is 0 Å². The van der Waals surface area contributed by atoms with Crippen molar-refractivity contribution in [1.29, 1.82) is 0 Å². The molecule has 0 bridgehead atoms. The van der Waals surface area contributed by atoms with Gasteiger partial charge in [0.05, 0.1) is 0 Å². The van der Waals surface area contributed by atoms with Gasteiger partial charge in [0.15, 0.2) is 0 Å². The highest BCUT2D eigenvalue weighted by Gasteiger charge is 2.34. The van der Waals surface area contributed by atoms with Crippen LogP contribution in [0.2, 0.25) is 0 Å². The zero-order chi connectivity index (χ0) is 11.4. The predicted octanol–water partition coefficient (Wildman–Crippen LogP) is 2.12. The van der Waals surface area contributed by atoms with Crippen molar-refractivity contribution in [2.75, 3.05) is 20.1 Å². The molecule has 0 amide bonds. The van der Waals surface area contributed by atoms with Crippen LogP contribution < -0.4 is 5.32 Å². The van der Waals surface area contributed by atoms with E-state index < -0.39 is 0 Å². The van der Waals surface area contributed by atoms with E-state index in [0.29, 0.717) is 0 Å². The highest BCUT2D eigenvalue weighted by atomic mass is 15.2. The summed E-state index contributed by atoms with van der Waals surface area (Å²) in [7, 11) is 2.03. The lowest BCUT2D eigenvalue weighted by atomic mass is 9.87. The molecule has 0 spiro atoms. The molecule has 1 heterocycles. The number of nitrogens with one attached hydrogen (secondary N) is 1. The van der Waals surface area contributed by atoms with E-state index >= 15 is 0 Å². The Bertz CT molecular complexity index is 310. The Morgan fingerprint density at radius 3 is 2.69 bits per heavy atom. The van der Waals surface area contributed by atoms with Crippen LogP contribution >= 0.6 is 0 Å². The van der Waals surface area contributed by atoms with Gasteiger partial charge in [0.25, 0.3) is 0 Å². The minimum atomic E-state index is 0.771. The van der Waals surface area contributed by atoms with Crippen LogP contribution in [0.25, 0.3) is 0 Å². The van der Waals surface area contributed by atoms with Crippen molar-refractivity contribution in [3.63, 3.8) is 0 Å². The first-order valence-corrected chi connectivity index (χ1v) is 6.24. The number of nitrogens with zero attached hydrogens (tertiary/aromatic N) is 1. The van der Waals surface area contributed by atoms with E-state index in [2.05, 4.69) is 47.5 Å². The molecule has 16 heavy (non-hydrogen) atoms. The fourth-order valence-corrected chi connectivity index (χ4v) is 2.61. The van der Waals surface area contributed by atoms with Gasteiger partial charge in [-0.25, -0.2) is 0 Å². The number of likely N-dealkylation sites (tertiary alicyclic amines) is 1. The minimum Gasteiger partial charge on any atom is -0.320 e. The third kappa shape index (κ3) is 2.63. The van der Waals surface area contributed by atoms with Gasteiger partial charge in [-0.1, -0.05) is 37.3 Å². The summed E-state index contributed by atoms with van der Waals surface area (Å²) in [6.07, 6.45) is 1.27. The molecule has 2 heteroatoms. The zero-order valence-corrected chi connectivity index (χ0v) is 10.3. The monoisotopic (exact) mass is 218 g/mol. The second-order valence-electron chi connectivity index (χ2n) is 4.85. The van der Waals surface area contributed by atoms with Crippen LogP contribution in [-0.2, 0) is 6.54 Å². The van der Waals surface area contributed by atoms with Crippen molar-refractivity contribution in [2.24, 2.45) is 5.92 Å². The van der Waals surface area contributed by atoms with Gasteiger partial charge in [-0.3, -0.25) is 4.90 Å². The fourth-order valence-electron chi connectivity index (χ4n) is 2.61. The largest absolute Gasteiger partial charge is 0.320 e. The molecular formula is C14H22N2. The Kier molecular flexibility index (Phi) is 3.97. The van der Waals surface area contributed by atoms with E-state index in [-0.39, 0.29) is 0 Å². The molecule has 1 N–H and O–H groups in total. The Hall–Kier alpha value is -0.860. The average Bonchev–Trinajstić information content (AvgIpc) is 2.30. The first-order valence-electron chi connectivity index (χ1n) is 6.24. The maximum Gasteiger partial charge on any atom is 0.0236 e. The second-order valence-corrected chi connectivity index (χ2v) is 4.85.